The first kappa shape index (κ1) is 24.9. The lowest BCUT2D eigenvalue weighted by atomic mass is 9.92. The van der Waals surface area contributed by atoms with Gasteiger partial charge in [-0.3, -0.25) is 14.6 Å². The molecule has 0 saturated carbocycles. The van der Waals surface area contributed by atoms with Gasteiger partial charge in [-0.05, 0) is 53.6 Å². The molecule has 0 spiro atoms. The first-order valence-corrected chi connectivity index (χ1v) is 10.4. The van der Waals surface area contributed by atoms with E-state index in [4.69, 9.17) is 17.3 Å². The SMILES string of the molecule is Nc1cc(F)cc(-c2ccc(=O)[nH]c2)c1-c1cc(Cl)c(C(=O)Nc2ccnc(C(F)(F)F)c2)cc1F. The van der Waals surface area contributed by atoms with E-state index < -0.39 is 35.0 Å². The quantitative estimate of drug-likeness (QED) is 0.231. The molecule has 2 aromatic carbocycles. The van der Waals surface area contributed by atoms with Crippen molar-refractivity contribution in [2.45, 2.75) is 6.18 Å². The highest BCUT2D eigenvalue weighted by atomic mass is 35.5. The van der Waals surface area contributed by atoms with Crippen molar-refractivity contribution in [2.24, 2.45) is 0 Å². The number of aromatic amines is 1. The molecule has 0 aliphatic carbocycles. The second-order valence-electron chi connectivity index (χ2n) is 7.55. The van der Waals surface area contributed by atoms with Crippen LogP contribution in [0.4, 0.5) is 33.3 Å². The van der Waals surface area contributed by atoms with Crippen molar-refractivity contribution in [1.82, 2.24) is 9.97 Å². The number of carbonyl (C=O) groups excluding carboxylic acids is 1. The van der Waals surface area contributed by atoms with Gasteiger partial charge in [-0.25, -0.2) is 8.78 Å². The number of aromatic nitrogens is 2. The predicted octanol–water partition coefficient (Wildman–Crippen LogP) is 5.89. The largest absolute Gasteiger partial charge is 0.433 e. The number of alkyl halides is 3. The average molecular weight is 521 g/mol. The molecule has 0 bridgehead atoms. The number of anilines is 2. The standard InChI is InChI=1S/C24H14ClF5N4O2/c25-17-8-16(22-14(5-12(26)6-19(22)31)11-1-2-21(35)33-10-11)18(27)9-15(17)23(36)34-13-3-4-32-20(7-13)24(28,29)30/h1-10H,31H2,(H,33,35)(H,32,34,36). The van der Waals surface area contributed by atoms with Crippen LogP contribution >= 0.6 is 11.6 Å². The maximum absolute atomic E-state index is 15.3. The third-order valence-corrected chi connectivity index (χ3v) is 5.42. The Morgan fingerprint density at radius 2 is 1.78 bits per heavy atom. The predicted molar refractivity (Wildman–Crippen MR) is 124 cm³/mol. The van der Waals surface area contributed by atoms with Crippen LogP contribution in [0, 0.1) is 11.6 Å². The molecule has 0 fully saturated rings. The number of carbonyl (C=O) groups is 1. The monoisotopic (exact) mass is 520 g/mol. The van der Waals surface area contributed by atoms with Gasteiger partial charge in [0.1, 0.15) is 17.3 Å². The van der Waals surface area contributed by atoms with Gasteiger partial charge in [0.25, 0.3) is 5.91 Å². The van der Waals surface area contributed by atoms with Crippen LogP contribution in [0.1, 0.15) is 16.1 Å². The van der Waals surface area contributed by atoms with Gasteiger partial charge < -0.3 is 16.0 Å². The minimum Gasteiger partial charge on any atom is -0.398 e. The van der Waals surface area contributed by atoms with Crippen molar-refractivity contribution < 1.29 is 26.7 Å². The first-order valence-electron chi connectivity index (χ1n) is 10.1. The van der Waals surface area contributed by atoms with Crippen molar-refractivity contribution in [3.63, 3.8) is 0 Å². The summed E-state index contributed by atoms with van der Waals surface area (Å²) in [6, 6.07) is 8.28. The van der Waals surface area contributed by atoms with Gasteiger partial charge in [0.05, 0.1) is 10.6 Å². The van der Waals surface area contributed by atoms with Gasteiger partial charge in [0, 0.05) is 41.0 Å². The number of H-pyrrole nitrogens is 1. The third kappa shape index (κ3) is 5.05. The highest BCUT2D eigenvalue weighted by Gasteiger charge is 2.32. The second-order valence-corrected chi connectivity index (χ2v) is 7.96. The Kier molecular flexibility index (Phi) is 6.51. The fraction of sp³-hybridized carbons (Fsp3) is 0.0417. The highest BCUT2D eigenvalue weighted by molar-refractivity contribution is 6.34. The molecule has 0 atom stereocenters. The summed E-state index contributed by atoms with van der Waals surface area (Å²) in [4.78, 5) is 29.7. The first-order chi connectivity index (χ1) is 16.9. The van der Waals surface area contributed by atoms with E-state index in [0.717, 1.165) is 36.5 Å². The molecule has 0 radical (unpaired) electrons. The number of rotatable bonds is 4. The molecule has 0 aliphatic heterocycles. The van der Waals surface area contributed by atoms with Crippen LogP contribution in [-0.2, 0) is 6.18 Å². The molecule has 2 heterocycles. The molecule has 184 valence electrons. The average Bonchev–Trinajstić information content (AvgIpc) is 2.80. The van der Waals surface area contributed by atoms with E-state index >= 15 is 4.39 Å². The Bertz CT molecular complexity index is 1530. The van der Waals surface area contributed by atoms with Crippen LogP contribution in [0.2, 0.25) is 5.02 Å². The van der Waals surface area contributed by atoms with Gasteiger partial charge in [-0.15, -0.1) is 0 Å². The van der Waals surface area contributed by atoms with Gasteiger partial charge in [0.2, 0.25) is 5.56 Å². The summed E-state index contributed by atoms with van der Waals surface area (Å²) in [6.07, 6.45) is -2.57. The van der Waals surface area contributed by atoms with Crippen LogP contribution in [0.15, 0.2) is 65.7 Å². The summed E-state index contributed by atoms with van der Waals surface area (Å²) in [7, 11) is 0. The number of nitrogens with two attached hydrogens (primary N) is 1. The molecule has 4 aromatic rings. The maximum Gasteiger partial charge on any atom is 0.433 e. The number of nitrogens with one attached hydrogen (secondary N) is 2. The number of nitrogen functional groups attached to an aromatic ring is 1. The minimum absolute atomic E-state index is 0.0544. The Morgan fingerprint density at radius 1 is 1.03 bits per heavy atom. The van der Waals surface area contributed by atoms with Crippen LogP contribution < -0.4 is 16.6 Å². The van der Waals surface area contributed by atoms with E-state index in [9.17, 15) is 27.2 Å². The molecule has 0 unspecified atom stereocenters. The Labute approximate surface area is 204 Å². The molecule has 0 saturated heterocycles. The lowest BCUT2D eigenvalue weighted by molar-refractivity contribution is -0.141. The number of nitrogens with zero attached hydrogens (tertiary/aromatic N) is 1. The molecule has 2 aromatic heterocycles. The van der Waals surface area contributed by atoms with Gasteiger partial charge in [0.15, 0.2) is 0 Å². The zero-order chi connectivity index (χ0) is 26.2. The Balaban J connectivity index is 1.75. The summed E-state index contributed by atoms with van der Waals surface area (Å²) >= 11 is 6.24. The minimum atomic E-state index is -4.73. The molecular weight excluding hydrogens is 507 g/mol. The summed E-state index contributed by atoms with van der Waals surface area (Å²) in [5.74, 6) is -2.65. The van der Waals surface area contributed by atoms with Crippen LogP contribution in [0.5, 0.6) is 0 Å². The van der Waals surface area contributed by atoms with Gasteiger partial charge in [-0.2, -0.15) is 13.2 Å². The van der Waals surface area contributed by atoms with E-state index in [1.807, 2.05) is 0 Å². The fourth-order valence-corrected chi connectivity index (χ4v) is 3.76. The lowest BCUT2D eigenvalue weighted by Gasteiger charge is -2.16. The topological polar surface area (TPSA) is 101 Å². The lowest BCUT2D eigenvalue weighted by Crippen LogP contribution is -2.15. The number of halogens is 6. The Hall–Kier alpha value is -4.25. The number of benzene rings is 2. The molecule has 12 heteroatoms. The second kappa shape index (κ2) is 9.42. The molecule has 4 N–H and O–H groups in total. The van der Waals surface area contributed by atoms with Crippen LogP contribution in [0.3, 0.4) is 0 Å². The van der Waals surface area contributed by atoms with Crippen LogP contribution in [0.25, 0.3) is 22.3 Å². The van der Waals surface area contributed by atoms with Crippen molar-refractivity contribution in [2.75, 3.05) is 11.1 Å². The van der Waals surface area contributed by atoms with Crippen molar-refractivity contribution >= 4 is 28.9 Å². The van der Waals surface area contributed by atoms with Crippen molar-refractivity contribution in [1.29, 1.82) is 0 Å². The molecule has 36 heavy (non-hydrogen) atoms. The maximum atomic E-state index is 15.3. The normalized spacial score (nSPS) is 11.4. The molecule has 4 rings (SSSR count). The summed E-state index contributed by atoms with van der Waals surface area (Å²) < 4.78 is 68.1. The summed E-state index contributed by atoms with van der Waals surface area (Å²) in [5.41, 5.74) is 3.97. The fourth-order valence-electron chi connectivity index (χ4n) is 3.51. The van der Waals surface area contributed by atoms with Crippen LogP contribution in [-0.4, -0.2) is 15.9 Å². The molecule has 1 amide bonds. The van der Waals surface area contributed by atoms with Gasteiger partial charge in [-0.1, -0.05) is 11.6 Å². The zero-order valence-corrected chi connectivity index (χ0v) is 18.6. The summed E-state index contributed by atoms with van der Waals surface area (Å²) in [5, 5.41) is 1.98. The van der Waals surface area contributed by atoms with E-state index in [0.29, 0.717) is 11.6 Å². The van der Waals surface area contributed by atoms with E-state index in [2.05, 4.69) is 15.3 Å². The number of hydrogen-bond acceptors (Lipinski definition) is 4. The van der Waals surface area contributed by atoms with E-state index in [1.54, 1.807) is 0 Å². The molecular formula is C24H14ClF5N4O2. The number of pyridine rings is 2. The number of hydrogen-bond donors (Lipinski definition) is 3. The smallest absolute Gasteiger partial charge is 0.398 e. The van der Waals surface area contributed by atoms with E-state index in [-0.39, 0.29) is 38.7 Å². The molecule has 6 nitrogen and oxygen atoms in total. The zero-order valence-electron chi connectivity index (χ0n) is 17.9. The van der Waals surface area contributed by atoms with E-state index in [1.165, 1.54) is 18.3 Å². The number of amides is 1. The Morgan fingerprint density at radius 3 is 2.44 bits per heavy atom. The van der Waals surface area contributed by atoms with Crippen molar-refractivity contribution in [3.05, 3.63) is 99.2 Å². The third-order valence-electron chi connectivity index (χ3n) is 5.11. The molecule has 0 aliphatic rings. The van der Waals surface area contributed by atoms with Crippen molar-refractivity contribution in [3.8, 4) is 22.3 Å². The van der Waals surface area contributed by atoms with Gasteiger partial charge >= 0.3 is 6.18 Å². The summed E-state index contributed by atoms with van der Waals surface area (Å²) in [6.45, 7) is 0. The highest BCUT2D eigenvalue weighted by Crippen LogP contribution is 2.40.